The molecule has 0 aliphatic rings. The molecule has 0 bridgehead atoms. The number of rotatable bonds is 9. The Morgan fingerprint density at radius 2 is 1.20 bits per heavy atom. The second-order valence-electron chi connectivity index (χ2n) is 7.88. The van der Waals surface area contributed by atoms with Crippen LogP contribution in [0.4, 0.5) is 0 Å². The summed E-state index contributed by atoms with van der Waals surface area (Å²) < 4.78 is 13.3. The van der Waals surface area contributed by atoms with Gasteiger partial charge in [0.2, 0.25) is 0 Å². The minimum atomic E-state index is -4.48. The zero-order valence-corrected chi connectivity index (χ0v) is 19.4. The molecule has 30 heavy (non-hydrogen) atoms. The van der Waals surface area contributed by atoms with Crippen LogP contribution in [0.5, 0.6) is 5.75 Å². The molecule has 3 rings (SSSR count). The van der Waals surface area contributed by atoms with E-state index in [1.807, 2.05) is 93.6 Å². The van der Waals surface area contributed by atoms with Gasteiger partial charge in [-0.25, -0.2) is 0 Å². The first kappa shape index (κ1) is 22.5. The average Bonchev–Trinajstić information content (AvgIpc) is 2.74. The Labute approximate surface area is 180 Å². The van der Waals surface area contributed by atoms with Crippen LogP contribution in [0.3, 0.4) is 0 Å². The van der Waals surface area contributed by atoms with E-state index in [1.54, 1.807) is 0 Å². The van der Waals surface area contributed by atoms with Crippen molar-refractivity contribution in [2.24, 2.45) is 0 Å². The fourth-order valence-corrected chi connectivity index (χ4v) is 7.75. The van der Waals surface area contributed by atoms with Crippen LogP contribution in [0.2, 0.25) is 0 Å². The molecule has 0 aliphatic heterocycles. The van der Waals surface area contributed by atoms with E-state index in [9.17, 15) is 4.89 Å². The molecule has 4 heteroatoms. The van der Waals surface area contributed by atoms with Gasteiger partial charge in [0, 0.05) is 0 Å². The molecule has 3 aromatic carbocycles. The summed E-state index contributed by atoms with van der Waals surface area (Å²) >= 11 is 0. The van der Waals surface area contributed by atoms with Gasteiger partial charge >= 0.3 is 181 Å². The third-order valence-corrected chi connectivity index (χ3v) is 9.42. The van der Waals surface area contributed by atoms with Crippen LogP contribution in [-0.2, 0) is 4.52 Å². The summed E-state index contributed by atoms with van der Waals surface area (Å²) in [5.74, 6) is 0.639. The summed E-state index contributed by atoms with van der Waals surface area (Å²) in [6, 6.07) is 23.5. The maximum atomic E-state index is 12.8. The first-order valence-electron chi connectivity index (χ1n) is 10.7. The molecule has 160 valence electrons. The molecule has 3 nitrogen and oxygen atoms in total. The van der Waals surface area contributed by atoms with Gasteiger partial charge in [0.05, 0.1) is 0 Å². The zero-order chi connectivity index (χ0) is 21.6. The van der Waals surface area contributed by atoms with Crippen LogP contribution in [-0.4, -0.2) is 11.5 Å². The van der Waals surface area contributed by atoms with Crippen LogP contribution < -0.4 is 15.1 Å². The van der Waals surface area contributed by atoms with Crippen molar-refractivity contribution in [2.45, 2.75) is 47.0 Å². The molecular formula is C26H33O3P. The Bertz CT molecular complexity index is 953. The fraction of sp³-hybridized carbons (Fsp3) is 0.308. The summed E-state index contributed by atoms with van der Waals surface area (Å²) in [6.07, 6.45) is 2.99. The molecule has 0 unspecified atom stereocenters. The zero-order valence-electron chi connectivity index (χ0n) is 18.5. The summed E-state index contributed by atoms with van der Waals surface area (Å²) in [4.78, 5) is 12.8. The van der Waals surface area contributed by atoms with Crippen molar-refractivity contribution in [1.29, 1.82) is 0 Å². The molecule has 0 heterocycles. The van der Waals surface area contributed by atoms with E-state index in [4.69, 9.17) is 9.05 Å². The van der Waals surface area contributed by atoms with Crippen LogP contribution in [0.25, 0.3) is 0 Å². The van der Waals surface area contributed by atoms with Gasteiger partial charge in [-0.3, -0.25) is 0 Å². The second kappa shape index (κ2) is 9.31. The number of aryl methyl sites for hydroxylation is 3. The normalized spacial score (nSPS) is 12.9. The quantitative estimate of drug-likeness (QED) is 0.331. The topological polar surface area (TPSA) is 38.7 Å². The summed E-state index contributed by atoms with van der Waals surface area (Å²) in [5.41, 5.74) is 2.86. The summed E-state index contributed by atoms with van der Waals surface area (Å²) in [7, 11) is -4.48. The van der Waals surface area contributed by atoms with Crippen molar-refractivity contribution in [3.63, 3.8) is 0 Å². The van der Waals surface area contributed by atoms with Crippen molar-refractivity contribution in [3.8, 4) is 5.75 Å². The van der Waals surface area contributed by atoms with Crippen LogP contribution >= 0.6 is 7.28 Å². The predicted molar refractivity (Wildman–Crippen MR) is 128 cm³/mol. The maximum absolute atomic E-state index is 12.8. The van der Waals surface area contributed by atoms with E-state index in [-0.39, 0.29) is 0 Å². The van der Waals surface area contributed by atoms with Crippen LogP contribution in [0, 0.1) is 20.8 Å². The number of unbranched alkanes of at least 4 members (excludes halogenated alkanes) is 2. The molecule has 0 fully saturated rings. The third-order valence-electron chi connectivity index (χ3n) is 5.52. The van der Waals surface area contributed by atoms with Gasteiger partial charge < -0.3 is 0 Å². The van der Waals surface area contributed by atoms with E-state index >= 15 is 0 Å². The minimum absolute atomic E-state index is 0.427. The van der Waals surface area contributed by atoms with Crippen molar-refractivity contribution in [2.75, 3.05) is 6.61 Å². The van der Waals surface area contributed by atoms with Gasteiger partial charge in [-0.2, -0.15) is 0 Å². The Morgan fingerprint density at radius 1 is 0.700 bits per heavy atom. The number of benzene rings is 3. The molecule has 3 aromatic rings. The SMILES string of the molecule is CCCCCOP(O)(Oc1ccccc1C)(c1ccccc1C)c1ccccc1C. The van der Waals surface area contributed by atoms with Gasteiger partial charge in [0.1, 0.15) is 0 Å². The standard InChI is InChI=1S/C26H33O3P/c1-5-6-13-20-28-30(27,25-18-11-8-15-22(25)3,26-19-12-9-16-23(26)4)29-24-17-10-7-14-21(24)2/h7-12,14-19,27H,5-6,13,20H2,1-4H3. The molecule has 0 aromatic heterocycles. The Kier molecular flexibility index (Phi) is 6.98. The molecule has 0 saturated heterocycles. The van der Waals surface area contributed by atoms with Crippen LogP contribution in [0.15, 0.2) is 72.8 Å². The molecular weight excluding hydrogens is 391 g/mol. The molecule has 0 radical (unpaired) electrons. The Morgan fingerprint density at radius 3 is 1.70 bits per heavy atom. The van der Waals surface area contributed by atoms with Gasteiger partial charge in [0.25, 0.3) is 0 Å². The van der Waals surface area contributed by atoms with Crippen molar-refractivity contribution >= 4 is 17.9 Å². The summed E-state index contributed by atoms with van der Waals surface area (Å²) in [6.45, 7) is 8.58. The Hall–Kier alpha value is -2.19. The third kappa shape index (κ3) is 4.30. The molecule has 1 N–H and O–H groups in total. The van der Waals surface area contributed by atoms with Gasteiger partial charge in [0.15, 0.2) is 0 Å². The first-order valence-corrected chi connectivity index (χ1v) is 12.7. The van der Waals surface area contributed by atoms with Crippen molar-refractivity contribution < 1.29 is 13.9 Å². The summed E-state index contributed by atoms with van der Waals surface area (Å²) in [5, 5.41) is 1.44. The molecule has 0 saturated carbocycles. The van der Waals surface area contributed by atoms with Crippen molar-refractivity contribution in [1.82, 2.24) is 0 Å². The van der Waals surface area contributed by atoms with E-state index in [1.165, 1.54) is 0 Å². The van der Waals surface area contributed by atoms with Gasteiger partial charge in [-0.1, -0.05) is 0 Å². The molecule has 0 amide bonds. The second-order valence-corrected chi connectivity index (χ2v) is 11.1. The van der Waals surface area contributed by atoms with Crippen molar-refractivity contribution in [3.05, 3.63) is 89.5 Å². The van der Waals surface area contributed by atoms with E-state index in [2.05, 4.69) is 6.92 Å². The molecule has 0 atom stereocenters. The van der Waals surface area contributed by atoms with E-state index < -0.39 is 7.28 Å². The number of para-hydroxylation sites is 1. The first-order chi connectivity index (χ1) is 14.4. The Balaban J connectivity index is 2.29. The predicted octanol–water partition coefficient (Wildman–Crippen LogP) is 6.14. The van der Waals surface area contributed by atoms with E-state index in [0.717, 1.165) is 46.6 Å². The monoisotopic (exact) mass is 424 g/mol. The molecule has 0 spiro atoms. The van der Waals surface area contributed by atoms with E-state index in [0.29, 0.717) is 12.4 Å². The number of hydrogen-bond donors (Lipinski definition) is 1. The number of hydrogen-bond acceptors (Lipinski definition) is 3. The fourth-order valence-electron chi connectivity index (χ4n) is 3.83. The molecule has 0 aliphatic carbocycles. The van der Waals surface area contributed by atoms with Gasteiger partial charge in [-0.15, -0.1) is 0 Å². The average molecular weight is 425 g/mol. The van der Waals surface area contributed by atoms with Gasteiger partial charge in [-0.05, 0) is 0 Å². The van der Waals surface area contributed by atoms with Crippen LogP contribution in [0.1, 0.15) is 42.9 Å².